The summed E-state index contributed by atoms with van der Waals surface area (Å²) < 4.78 is 5.54. The Morgan fingerprint density at radius 3 is 2.45 bits per heavy atom. The van der Waals surface area contributed by atoms with Gasteiger partial charge in [-0.2, -0.15) is 0 Å². The molecule has 1 aromatic heterocycles. The Morgan fingerprint density at radius 2 is 1.75 bits per heavy atom. The van der Waals surface area contributed by atoms with Crippen molar-refractivity contribution in [1.29, 1.82) is 0 Å². The Morgan fingerprint density at radius 1 is 1.05 bits per heavy atom. The first kappa shape index (κ1) is 11.8. The molecule has 2 N–H and O–H groups in total. The first-order valence-electron chi connectivity index (χ1n) is 8.16. The van der Waals surface area contributed by atoms with Crippen LogP contribution in [-0.4, -0.2) is 16.8 Å². The van der Waals surface area contributed by atoms with Crippen LogP contribution in [0.4, 0.5) is 0 Å². The molecular weight excluding hydrogens is 252 g/mol. The number of aliphatic hydroxyl groups is 1. The Balaban J connectivity index is 1.56. The fourth-order valence-electron chi connectivity index (χ4n) is 5.87. The van der Waals surface area contributed by atoms with Crippen LogP contribution in [0.3, 0.4) is 0 Å². The van der Waals surface area contributed by atoms with Crippen LogP contribution in [0.1, 0.15) is 61.1 Å². The van der Waals surface area contributed by atoms with Crippen molar-refractivity contribution in [3.8, 4) is 0 Å². The zero-order chi connectivity index (χ0) is 13.3. The summed E-state index contributed by atoms with van der Waals surface area (Å²) in [7, 11) is 0. The van der Waals surface area contributed by atoms with E-state index in [0.717, 1.165) is 40.7 Å². The molecule has 1 unspecified atom stereocenters. The monoisotopic (exact) mass is 274 g/mol. The highest BCUT2D eigenvalue weighted by atomic mass is 16.5. The molecule has 1 atom stereocenters. The van der Waals surface area contributed by atoms with E-state index >= 15 is 0 Å². The zero-order valence-corrected chi connectivity index (χ0v) is 11.7. The third-order valence-electron chi connectivity index (χ3n) is 6.33. The maximum Gasteiger partial charge on any atom is 0.156 e. The fourth-order valence-corrected chi connectivity index (χ4v) is 5.87. The van der Waals surface area contributed by atoms with Crippen molar-refractivity contribution in [3.05, 3.63) is 17.0 Å². The van der Waals surface area contributed by atoms with E-state index in [-0.39, 0.29) is 0 Å². The summed E-state index contributed by atoms with van der Waals surface area (Å²) in [5, 5.41) is 17.9. The van der Waals surface area contributed by atoms with Gasteiger partial charge >= 0.3 is 0 Å². The molecule has 108 valence electrons. The maximum atomic E-state index is 10.3. The highest BCUT2D eigenvalue weighted by molar-refractivity contribution is 5.32. The molecule has 4 nitrogen and oxygen atoms in total. The SMILES string of the molecule is OC1CNCc2onc(C3C4CC5CC(C4)CC3C5)c21. The van der Waals surface area contributed by atoms with Crippen LogP contribution >= 0.6 is 0 Å². The molecule has 4 bridgehead atoms. The number of β-amino-alcohol motifs (C(OH)–C–C–N with tert-alkyl or cyclic N) is 1. The number of aromatic nitrogens is 1. The zero-order valence-electron chi connectivity index (χ0n) is 11.7. The summed E-state index contributed by atoms with van der Waals surface area (Å²) in [6.45, 7) is 1.35. The Hall–Kier alpha value is -0.870. The van der Waals surface area contributed by atoms with Gasteiger partial charge in [-0.05, 0) is 55.8 Å². The van der Waals surface area contributed by atoms with Crippen molar-refractivity contribution < 1.29 is 9.63 Å². The molecule has 0 aromatic carbocycles. The minimum atomic E-state index is -0.433. The average Bonchev–Trinajstić information content (AvgIpc) is 2.83. The van der Waals surface area contributed by atoms with E-state index in [1.165, 1.54) is 32.1 Å². The maximum absolute atomic E-state index is 10.3. The minimum Gasteiger partial charge on any atom is -0.387 e. The molecular formula is C16H22N2O2. The number of fused-ring (bicyclic) bond motifs is 1. The highest BCUT2D eigenvalue weighted by Crippen LogP contribution is 2.60. The molecule has 2 heterocycles. The van der Waals surface area contributed by atoms with Crippen molar-refractivity contribution in [3.63, 3.8) is 0 Å². The molecule has 4 saturated carbocycles. The molecule has 20 heavy (non-hydrogen) atoms. The first-order chi connectivity index (χ1) is 9.79. The predicted octanol–water partition coefficient (Wildman–Crippen LogP) is 2.35. The average molecular weight is 274 g/mol. The number of nitrogens with zero attached hydrogens (tertiary/aromatic N) is 1. The lowest BCUT2D eigenvalue weighted by Crippen LogP contribution is -2.44. The number of aliphatic hydroxyl groups excluding tert-OH is 1. The van der Waals surface area contributed by atoms with Crippen LogP contribution in [0.2, 0.25) is 0 Å². The highest BCUT2D eigenvalue weighted by Gasteiger charge is 2.50. The van der Waals surface area contributed by atoms with Crippen molar-refractivity contribution >= 4 is 0 Å². The second-order valence-electron chi connectivity index (χ2n) is 7.51. The second kappa shape index (κ2) is 4.08. The predicted molar refractivity (Wildman–Crippen MR) is 73.0 cm³/mol. The van der Waals surface area contributed by atoms with Gasteiger partial charge in [0.05, 0.1) is 18.3 Å². The smallest absolute Gasteiger partial charge is 0.156 e. The third kappa shape index (κ3) is 1.52. The summed E-state index contributed by atoms with van der Waals surface area (Å²) in [6, 6.07) is 0. The van der Waals surface area contributed by atoms with Gasteiger partial charge in [0.2, 0.25) is 0 Å². The van der Waals surface area contributed by atoms with E-state index in [9.17, 15) is 5.11 Å². The second-order valence-corrected chi connectivity index (χ2v) is 7.51. The van der Waals surface area contributed by atoms with E-state index < -0.39 is 6.10 Å². The summed E-state index contributed by atoms with van der Waals surface area (Å²) in [5.74, 6) is 4.96. The summed E-state index contributed by atoms with van der Waals surface area (Å²) >= 11 is 0. The van der Waals surface area contributed by atoms with E-state index in [0.29, 0.717) is 19.0 Å². The normalized spacial score (nSPS) is 45.6. The number of nitrogens with one attached hydrogen (secondary N) is 1. The van der Waals surface area contributed by atoms with Crippen LogP contribution < -0.4 is 5.32 Å². The van der Waals surface area contributed by atoms with Gasteiger partial charge in [-0.3, -0.25) is 0 Å². The van der Waals surface area contributed by atoms with Crippen molar-refractivity contribution in [2.45, 2.75) is 50.7 Å². The molecule has 6 rings (SSSR count). The van der Waals surface area contributed by atoms with Gasteiger partial charge in [0, 0.05) is 18.0 Å². The standard InChI is InChI=1S/C16H22N2O2/c19-12-6-17-7-13-15(12)16(18-20-13)14-10-2-8-1-9(4-10)5-11(14)3-8/h8-12,14,17,19H,1-7H2. The quantitative estimate of drug-likeness (QED) is 0.825. The third-order valence-corrected chi connectivity index (χ3v) is 6.33. The summed E-state index contributed by atoms with van der Waals surface area (Å²) in [6.07, 6.45) is 6.57. The summed E-state index contributed by atoms with van der Waals surface area (Å²) in [4.78, 5) is 0. The molecule has 5 aliphatic rings. The van der Waals surface area contributed by atoms with Crippen LogP contribution in [0.25, 0.3) is 0 Å². The molecule has 0 radical (unpaired) electrons. The van der Waals surface area contributed by atoms with Gasteiger partial charge in [-0.25, -0.2) is 0 Å². The Labute approximate surface area is 118 Å². The summed E-state index contributed by atoms with van der Waals surface area (Å²) in [5.41, 5.74) is 2.14. The van der Waals surface area contributed by atoms with E-state index in [1.807, 2.05) is 0 Å². The fraction of sp³-hybridized carbons (Fsp3) is 0.812. The molecule has 0 spiro atoms. The number of hydrogen-bond acceptors (Lipinski definition) is 4. The lowest BCUT2D eigenvalue weighted by molar-refractivity contribution is -0.00590. The van der Waals surface area contributed by atoms with Gasteiger partial charge in [0.1, 0.15) is 0 Å². The van der Waals surface area contributed by atoms with E-state index in [4.69, 9.17) is 4.52 Å². The Kier molecular flexibility index (Phi) is 2.40. The first-order valence-corrected chi connectivity index (χ1v) is 8.16. The van der Waals surface area contributed by atoms with Crippen LogP contribution in [-0.2, 0) is 6.54 Å². The molecule has 4 aliphatic carbocycles. The van der Waals surface area contributed by atoms with Gasteiger partial charge in [0.25, 0.3) is 0 Å². The van der Waals surface area contributed by atoms with Crippen LogP contribution in [0, 0.1) is 23.7 Å². The topological polar surface area (TPSA) is 58.3 Å². The number of hydrogen-bond donors (Lipinski definition) is 2. The Bertz CT molecular complexity index is 511. The molecule has 4 fully saturated rings. The van der Waals surface area contributed by atoms with Crippen molar-refractivity contribution in [2.24, 2.45) is 23.7 Å². The van der Waals surface area contributed by atoms with Gasteiger partial charge < -0.3 is 14.9 Å². The van der Waals surface area contributed by atoms with Gasteiger partial charge in [0.15, 0.2) is 5.76 Å². The van der Waals surface area contributed by atoms with Crippen molar-refractivity contribution in [1.82, 2.24) is 10.5 Å². The molecule has 4 heteroatoms. The van der Waals surface area contributed by atoms with Crippen LogP contribution in [0.5, 0.6) is 0 Å². The number of rotatable bonds is 1. The van der Waals surface area contributed by atoms with Crippen LogP contribution in [0.15, 0.2) is 4.52 Å². The molecule has 0 saturated heterocycles. The lowest BCUT2D eigenvalue weighted by atomic mass is 9.51. The van der Waals surface area contributed by atoms with Gasteiger partial charge in [-0.15, -0.1) is 0 Å². The van der Waals surface area contributed by atoms with E-state index in [2.05, 4.69) is 10.5 Å². The molecule has 1 aliphatic heterocycles. The molecule has 1 aromatic rings. The van der Waals surface area contributed by atoms with Gasteiger partial charge in [-0.1, -0.05) is 5.16 Å². The largest absolute Gasteiger partial charge is 0.387 e. The molecule has 0 amide bonds. The lowest BCUT2D eigenvalue weighted by Gasteiger charge is -2.54. The minimum absolute atomic E-state index is 0.433. The van der Waals surface area contributed by atoms with E-state index in [1.54, 1.807) is 0 Å². The van der Waals surface area contributed by atoms with Crippen molar-refractivity contribution in [2.75, 3.05) is 6.54 Å².